The highest BCUT2D eigenvalue weighted by atomic mass is 16.5. The quantitative estimate of drug-likeness (QED) is 0.777. The van der Waals surface area contributed by atoms with Gasteiger partial charge in [0.15, 0.2) is 0 Å². The summed E-state index contributed by atoms with van der Waals surface area (Å²) >= 11 is 0. The molecule has 2 N–H and O–H groups in total. The first-order valence-corrected chi connectivity index (χ1v) is 7.18. The zero-order chi connectivity index (χ0) is 13.0. The van der Waals surface area contributed by atoms with Gasteiger partial charge in [0.2, 0.25) is 5.91 Å². The Labute approximate surface area is 110 Å². The van der Waals surface area contributed by atoms with Crippen molar-refractivity contribution in [2.45, 2.75) is 45.1 Å². The Kier molecular flexibility index (Phi) is 4.62. The molecular formula is C14H26N2O2. The van der Waals surface area contributed by atoms with Crippen molar-refractivity contribution < 1.29 is 9.53 Å². The van der Waals surface area contributed by atoms with Gasteiger partial charge in [0.25, 0.3) is 0 Å². The molecule has 1 amide bonds. The number of carbonyl (C=O) groups is 1. The normalized spacial score (nSPS) is 30.6. The summed E-state index contributed by atoms with van der Waals surface area (Å²) in [4.78, 5) is 12.5. The predicted octanol–water partition coefficient (Wildman–Crippen LogP) is 1.31. The molecule has 2 fully saturated rings. The average molecular weight is 254 g/mol. The Bertz CT molecular complexity index is 290. The molecule has 0 spiro atoms. The van der Waals surface area contributed by atoms with Crippen LogP contribution in [0.4, 0.5) is 0 Å². The number of methoxy groups -OCH3 is 1. The van der Waals surface area contributed by atoms with Crippen molar-refractivity contribution in [1.82, 2.24) is 10.6 Å². The Morgan fingerprint density at radius 2 is 2.28 bits per heavy atom. The van der Waals surface area contributed by atoms with Gasteiger partial charge in [-0.15, -0.1) is 0 Å². The van der Waals surface area contributed by atoms with Crippen LogP contribution in [0.3, 0.4) is 0 Å². The number of hydrogen-bond acceptors (Lipinski definition) is 3. The molecule has 1 aliphatic heterocycles. The fourth-order valence-corrected chi connectivity index (χ4v) is 3.04. The monoisotopic (exact) mass is 254 g/mol. The molecule has 1 aliphatic carbocycles. The second kappa shape index (κ2) is 6.02. The molecule has 4 nitrogen and oxygen atoms in total. The van der Waals surface area contributed by atoms with E-state index in [4.69, 9.17) is 4.74 Å². The van der Waals surface area contributed by atoms with Gasteiger partial charge in [-0.1, -0.05) is 13.3 Å². The Balaban J connectivity index is 1.89. The third kappa shape index (κ3) is 2.86. The van der Waals surface area contributed by atoms with E-state index < -0.39 is 0 Å². The predicted molar refractivity (Wildman–Crippen MR) is 71.4 cm³/mol. The summed E-state index contributed by atoms with van der Waals surface area (Å²) < 4.78 is 5.14. The zero-order valence-electron chi connectivity index (χ0n) is 11.6. The molecule has 2 aliphatic rings. The van der Waals surface area contributed by atoms with Crippen molar-refractivity contribution in [3.05, 3.63) is 0 Å². The topological polar surface area (TPSA) is 50.4 Å². The molecule has 2 unspecified atom stereocenters. The highest BCUT2D eigenvalue weighted by Crippen LogP contribution is 2.44. The second-order valence-electron chi connectivity index (χ2n) is 5.93. The number of nitrogens with one attached hydrogen (secondary N) is 2. The van der Waals surface area contributed by atoms with Crippen LogP contribution in [-0.4, -0.2) is 38.8 Å². The molecular weight excluding hydrogens is 228 g/mol. The molecule has 1 heterocycles. The average Bonchev–Trinajstić information content (AvgIpc) is 2.31. The number of hydrogen-bond donors (Lipinski definition) is 2. The summed E-state index contributed by atoms with van der Waals surface area (Å²) in [5.74, 6) is 0.798. The lowest BCUT2D eigenvalue weighted by molar-refractivity contribution is -0.138. The summed E-state index contributed by atoms with van der Waals surface area (Å²) in [7, 11) is 1.71. The first kappa shape index (κ1) is 13.8. The molecule has 18 heavy (non-hydrogen) atoms. The van der Waals surface area contributed by atoms with Gasteiger partial charge in [-0.2, -0.15) is 0 Å². The number of ether oxygens (including phenoxy) is 1. The van der Waals surface area contributed by atoms with Crippen molar-refractivity contribution in [2.75, 3.05) is 26.8 Å². The van der Waals surface area contributed by atoms with Crippen LogP contribution >= 0.6 is 0 Å². The maximum atomic E-state index is 12.5. The third-order valence-corrected chi connectivity index (χ3v) is 4.68. The van der Waals surface area contributed by atoms with Crippen molar-refractivity contribution in [2.24, 2.45) is 11.3 Å². The smallest absolute Gasteiger partial charge is 0.226 e. The standard InChI is InChI=1S/C14H26N2O2/c1-11-10-15-8-4-12(11)16-13(17)14(5-3-6-14)7-9-18-2/h11-12,15H,3-10H2,1-2H3,(H,16,17). The lowest BCUT2D eigenvalue weighted by atomic mass is 9.66. The molecule has 104 valence electrons. The van der Waals surface area contributed by atoms with E-state index in [1.165, 1.54) is 6.42 Å². The van der Waals surface area contributed by atoms with Crippen LogP contribution in [-0.2, 0) is 9.53 Å². The minimum atomic E-state index is -0.124. The first-order valence-electron chi connectivity index (χ1n) is 7.18. The van der Waals surface area contributed by atoms with Gasteiger partial charge >= 0.3 is 0 Å². The number of amides is 1. The van der Waals surface area contributed by atoms with Gasteiger partial charge in [-0.25, -0.2) is 0 Å². The van der Waals surface area contributed by atoms with E-state index in [9.17, 15) is 4.79 Å². The van der Waals surface area contributed by atoms with Crippen molar-refractivity contribution in [3.8, 4) is 0 Å². The fraction of sp³-hybridized carbons (Fsp3) is 0.929. The summed E-state index contributed by atoms with van der Waals surface area (Å²) in [6.45, 7) is 4.92. The van der Waals surface area contributed by atoms with E-state index in [0.29, 0.717) is 18.6 Å². The van der Waals surface area contributed by atoms with Gasteiger partial charge in [-0.05, 0) is 44.7 Å². The van der Waals surface area contributed by atoms with Crippen molar-refractivity contribution in [3.63, 3.8) is 0 Å². The van der Waals surface area contributed by atoms with Crippen LogP contribution in [0.15, 0.2) is 0 Å². The van der Waals surface area contributed by atoms with Gasteiger partial charge < -0.3 is 15.4 Å². The van der Waals surface area contributed by atoms with Crippen molar-refractivity contribution in [1.29, 1.82) is 0 Å². The minimum absolute atomic E-state index is 0.124. The third-order valence-electron chi connectivity index (χ3n) is 4.68. The Morgan fingerprint density at radius 3 is 2.83 bits per heavy atom. The number of carbonyl (C=O) groups excluding carboxylic acids is 1. The maximum absolute atomic E-state index is 12.5. The molecule has 1 saturated heterocycles. The molecule has 0 aromatic heterocycles. The van der Waals surface area contributed by atoms with E-state index in [-0.39, 0.29) is 11.3 Å². The Morgan fingerprint density at radius 1 is 1.50 bits per heavy atom. The highest BCUT2D eigenvalue weighted by Gasteiger charge is 2.44. The van der Waals surface area contributed by atoms with E-state index >= 15 is 0 Å². The van der Waals surface area contributed by atoms with Crippen LogP contribution in [0.5, 0.6) is 0 Å². The van der Waals surface area contributed by atoms with Gasteiger partial charge in [-0.3, -0.25) is 4.79 Å². The largest absolute Gasteiger partial charge is 0.385 e. The molecule has 0 aromatic rings. The fourth-order valence-electron chi connectivity index (χ4n) is 3.04. The van der Waals surface area contributed by atoms with Gasteiger partial charge in [0, 0.05) is 19.8 Å². The molecule has 0 bridgehead atoms. The SMILES string of the molecule is COCCC1(C(=O)NC2CCNCC2C)CCC1. The van der Waals surface area contributed by atoms with Gasteiger partial charge in [0.05, 0.1) is 5.41 Å². The maximum Gasteiger partial charge on any atom is 0.226 e. The molecule has 1 saturated carbocycles. The number of piperidine rings is 1. The Hall–Kier alpha value is -0.610. The summed E-state index contributed by atoms with van der Waals surface area (Å²) in [5.41, 5.74) is -0.124. The van der Waals surface area contributed by atoms with Crippen LogP contribution in [0.25, 0.3) is 0 Å². The zero-order valence-corrected chi connectivity index (χ0v) is 11.6. The van der Waals surface area contributed by atoms with E-state index in [1.54, 1.807) is 7.11 Å². The van der Waals surface area contributed by atoms with Crippen LogP contribution in [0.2, 0.25) is 0 Å². The number of rotatable bonds is 5. The second-order valence-corrected chi connectivity index (χ2v) is 5.93. The van der Waals surface area contributed by atoms with E-state index in [1.807, 2.05) is 0 Å². The van der Waals surface area contributed by atoms with E-state index in [0.717, 1.165) is 38.8 Å². The highest BCUT2D eigenvalue weighted by molar-refractivity contribution is 5.83. The molecule has 2 atom stereocenters. The molecule has 0 radical (unpaired) electrons. The molecule has 4 heteroatoms. The summed E-state index contributed by atoms with van der Waals surface area (Å²) in [5, 5.41) is 6.65. The van der Waals surface area contributed by atoms with E-state index in [2.05, 4.69) is 17.6 Å². The summed E-state index contributed by atoms with van der Waals surface area (Å²) in [6, 6.07) is 0.346. The van der Waals surface area contributed by atoms with Crippen LogP contribution in [0.1, 0.15) is 39.0 Å². The minimum Gasteiger partial charge on any atom is -0.385 e. The first-order chi connectivity index (χ1) is 8.68. The lowest BCUT2D eigenvalue weighted by Crippen LogP contribution is -2.54. The van der Waals surface area contributed by atoms with Crippen LogP contribution < -0.4 is 10.6 Å². The van der Waals surface area contributed by atoms with Crippen molar-refractivity contribution >= 4 is 5.91 Å². The van der Waals surface area contributed by atoms with Crippen LogP contribution in [0, 0.1) is 11.3 Å². The molecule has 0 aromatic carbocycles. The van der Waals surface area contributed by atoms with Gasteiger partial charge in [0.1, 0.15) is 0 Å². The molecule has 2 rings (SSSR count). The lowest BCUT2D eigenvalue weighted by Gasteiger charge is -2.42. The summed E-state index contributed by atoms with van der Waals surface area (Å²) in [6.07, 6.45) is 5.16.